The molecule has 0 atom stereocenters. The molecule has 1 rings (SSSR count). The first kappa shape index (κ1) is 15.5. The summed E-state index contributed by atoms with van der Waals surface area (Å²) >= 11 is 0. The SMILES string of the molecule is CN(C)C(=O)C1CCN(C(=O)CCCC(=O)O)CC1. The molecule has 1 fully saturated rings. The summed E-state index contributed by atoms with van der Waals surface area (Å²) in [4.78, 5) is 37.3. The average molecular weight is 270 g/mol. The van der Waals surface area contributed by atoms with Crippen molar-refractivity contribution in [2.45, 2.75) is 32.1 Å². The van der Waals surface area contributed by atoms with Crippen LogP contribution >= 0.6 is 0 Å². The molecule has 0 aromatic heterocycles. The van der Waals surface area contributed by atoms with Crippen molar-refractivity contribution in [3.05, 3.63) is 0 Å². The summed E-state index contributed by atoms with van der Waals surface area (Å²) < 4.78 is 0. The van der Waals surface area contributed by atoms with Crippen LogP contribution in [0.5, 0.6) is 0 Å². The van der Waals surface area contributed by atoms with Crippen molar-refractivity contribution in [1.82, 2.24) is 9.80 Å². The van der Waals surface area contributed by atoms with Crippen molar-refractivity contribution in [2.75, 3.05) is 27.2 Å². The zero-order valence-electron chi connectivity index (χ0n) is 11.6. The highest BCUT2D eigenvalue weighted by atomic mass is 16.4. The number of hydrogen-bond acceptors (Lipinski definition) is 3. The minimum absolute atomic E-state index is 0.00278. The maximum atomic E-state index is 11.8. The molecular weight excluding hydrogens is 248 g/mol. The van der Waals surface area contributed by atoms with E-state index in [-0.39, 0.29) is 30.6 Å². The number of hydrogen-bond donors (Lipinski definition) is 1. The first-order valence-corrected chi connectivity index (χ1v) is 6.62. The largest absolute Gasteiger partial charge is 0.481 e. The molecule has 1 N–H and O–H groups in total. The summed E-state index contributed by atoms with van der Waals surface area (Å²) in [6, 6.07) is 0. The molecule has 2 amide bonds. The van der Waals surface area contributed by atoms with Gasteiger partial charge in [-0.2, -0.15) is 0 Å². The van der Waals surface area contributed by atoms with Gasteiger partial charge in [-0.25, -0.2) is 0 Å². The fourth-order valence-corrected chi connectivity index (χ4v) is 2.29. The molecular formula is C13H22N2O4. The van der Waals surface area contributed by atoms with Gasteiger partial charge in [0.25, 0.3) is 0 Å². The minimum atomic E-state index is -0.872. The van der Waals surface area contributed by atoms with Crippen LogP contribution in [-0.4, -0.2) is 59.9 Å². The summed E-state index contributed by atoms with van der Waals surface area (Å²) in [7, 11) is 3.48. The predicted molar refractivity (Wildman–Crippen MR) is 69.5 cm³/mol. The molecule has 19 heavy (non-hydrogen) atoms. The van der Waals surface area contributed by atoms with Crippen molar-refractivity contribution in [2.24, 2.45) is 5.92 Å². The number of piperidine rings is 1. The number of nitrogens with zero attached hydrogens (tertiary/aromatic N) is 2. The van der Waals surface area contributed by atoms with E-state index in [2.05, 4.69) is 0 Å². The van der Waals surface area contributed by atoms with E-state index in [1.165, 1.54) is 0 Å². The third-order valence-corrected chi connectivity index (χ3v) is 3.42. The van der Waals surface area contributed by atoms with Crippen LogP contribution in [0.15, 0.2) is 0 Å². The van der Waals surface area contributed by atoms with E-state index < -0.39 is 5.97 Å². The van der Waals surface area contributed by atoms with Crippen molar-refractivity contribution in [1.29, 1.82) is 0 Å². The molecule has 1 aliphatic heterocycles. The zero-order chi connectivity index (χ0) is 14.4. The summed E-state index contributed by atoms with van der Waals surface area (Å²) in [5.74, 6) is -0.740. The molecule has 108 valence electrons. The monoisotopic (exact) mass is 270 g/mol. The highest BCUT2D eigenvalue weighted by molar-refractivity contribution is 5.80. The average Bonchev–Trinajstić information content (AvgIpc) is 2.37. The van der Waals surface area contributed by atoms with Gasteiger partial charge in [0.2, 0.25) is 11.8 Å². The molecule has 0 unspecified atom stereocenters. The molecule has 0 spiro atoms. The molecule has 0 saturated carbocycles. The predicted octanol–water partition coefficient (Wildman–Crippen LogP) is 0.568. The van der Waals surface area contributed by atoms with Gasteiger partial charge >= 0.3 is 5.97 Å². The van der Waals surface area contributed by atoms with Crippen molar-refractivity contribution < 1.29 is 19.5 Å². The molecule has 0 radical (unpaired) electrons. The van der Waals surface area contributed by atoms with E-state index in [0.29, 0.717) is 32.4 Å². The van der Waals surface area contributed by atoms with Gasteiger partial charge in [-0.1, -0.05) is 0 Å². The fourth-order valence-electron chi connectivity index (χ4n) is 2.29. The number of carboxylic acids is 1. The fraction of sp³-hybridized carbons (Fsp3) is 0.769. The van der Waals surface area contributed by atoms with Crippen LogP contribution in [0, 0.1) is 5.92 Å². The van der Waals surface area contributed by atoms with Crippen LogP contribution in [0.4, 0.5) is 0 Å². The zero-order valence-corrected chi connectivity index (χ0v) is 11.6. The number of rotatable bonds is 5. The number of carbonyl (C=O) groups is 3. The Bertz CT molecular complexity index is 347. The standard InChI is InChI=1S/C13H22N2O4/c1-14(2)13(19)10-6-8-15(9-7-10)11(16)4-3-5-12(17)18/h10H,3-9H2,1-2H3,(H,17,18). The molecule has 6 nitrogen and oxygen atoms in total. The molecule has 0 bridgehead atoms. The maximum Gasteiger partial charge on any atom is 0.303 e. The lowest BCUT2D eigenvalue weighted by atomic mass is 9.95. The van der Waals surface area contributed by atoms with Gasteiger partial charge in [0.1, 0.15) is 0 Å². The third-order valence-electron chi connectivity index (χ3n) is 3.42. The minimum Gasteiger partial charge on any atom is -0.481 e. The van der Waals surface area contributed by atoms with E-state index in [9.17, 15) is 14.4 Å². The van der Waals surface area contributed by atoms with Gasteiger partial charge in [-0.05, 0) is 19.3 Å². The Morgan fingerprint density at radius 3 is 2.21 bits per heavy atom. The Labute approximate surface area is 113 Å². The lowest BCUT2D eigenvalue weighted by molar-refractivity contribution is -0.140. The highest BCUT2D eigenvalue weighted by Crippen LogP contribution is 2.19. The van der Waals surface area contributed by atoms with E-state index in [0.717, 1.165) is 0 Å². The lowest BCUT2D eigenvalue weighted by Crippen LogP contribution is -2.42. The molecule has 0 aromatic rings. The van der Waals surface area contributed by atoms with Crippen molar-refractivity contribution >= 4 is 17.8 Å². The van der Waals surface area contributed by atoms with Crippen LogP contribution in [0.25, 0.3) is 0 Å². The smallest absolute Gasteiger partial charge is 0.303 e. The summed E-state index contributed by atoms with van der Waals surface area (Å²) in [6.45, 7) is 1.19. The Morgan fingerprint density at radius 2 is 1.74 bits per heavy atom. The first-order valence-electron chi connectivity index (χ1n) is 6.62. The molecule has 0 aromatic carbocycles. The van der Waals surface area contributed by atoms with Gasteiger partial charge < -0.3 is 14.9 Å². The van der Waals surface area contributed by atoms with Gasteiger partial charge in [0.05, 0.1) is 0 Å². The Morgan fingerprint density at radius 1 is 1.16 bits per heavy atom. The quantitative estimate of drug-likeness (QED) is 0.792. The number of carboxylic acid groups (broad SMARTS) is 1. The van der Waals surface area contributed by atoms with Crippen LogP contribution in [0.3, 0.4) is 0 Å². The van der Waals surface area contributed by atoms with Gasteiger partial charge in [-0.3, -0.25) is 14.4 Å². The van der Waals surface area contributed by atoms with Gasteiger partial charge in [-0.15, -0.1) is 0 Å². The highest BCUT2D eigenvalue weighted by Gasteiger charge is 2.27. The summed E-state index contributed by atoms with van der Waals surface area (Å²) in [6.07, 6.45) is 2.08. The van der Waals surface area contributed by atoms with Gasteiger partial charge in [0.15, 0.2) is 0 Å². The second-order valence-corrected chi connectivity index (χ2v) is 5.14. The maximum absolute atomic E-state index is 11.8. The van der Waals surface area contributed by atoms with Crippen molar-refractivity contribution in [3.63, 3.8) is 0 Å². The Balaban J connectivity index is 2.31. The third kappa shape index (κ3) is 4.89. The van der Waals surface area contributed by atoms with Crippen LogP contribution in [0.1, 0.15) is 32.1 Å². The Hall–Kier alpha value is -1.59. The van der Waals surface area contributed by atoms with Gasteiger partial charge in [0, 0.05) is 45.9 Å². The van der Waals surface area contributed by atoms with E-state index in [1.807, 2.05) is 0 Å². The first-order chi connectivity index (χ1) is 8.91. The molecule has 0 aliphatic carbocycles. The molecule has 6 heteroatoms. The van der Waals surface area contributed by atoms with Crippen LogP contribution < -0.4 is 0 Å². The number of aliphatic carboxylic acids is 1. The molecule has 1 aliphatic rings. The molecule has 1 heterocycles. The Kier molecular flexibility index (Phi) is 5.79. The number of carbonyl (C=O) groups excluding carboxylic acids is 2. The number of likely N-dealkylation sites (tertiary alicyclic amines) is 1. The number of amides is 2. The molecule has 1 saturated heterocycles. The second-order valence-electron chi connectivity index (χ2n) is 5.14. The van der Waals surface area contributed by atoms with Crippen molar-refractivity contribution in [3.8, 4) is 0 Å². The topological polar surface area (TPSA) is 77.9 Å². The van der Waals surface area contributed by atoms with Crippen LogP contribution in [-0.2, 0) is 14.4 Å². The summed E-state index contributed by atoms with van der Waals surface area (Å²) in [5, 5.41) is 8.52. The van der Waals surface area contributed by atoms with Crippen LogP contribution in [0.2, 0.25) is 0 Å². The van der Waals surface area contributed by atoms with E-state index >= 15 is 0 Å². The van der Waals surface area contributed by atoms with E-state index in [4.69, 9.17) is 5.11 Å². The normalized spacial score (nSPS) is 16.2. The second kappa shape index (κ2) is 7.11. The van der Waals surface area contributed by atoms with E-state index in [1.54, 1.807) is 23.9 Å². The lowest BCUT2D eigenvalue weighted by Gasteiger charge is -2.32. The summed E-state index contributed by atoms with van der Waals surface area (Å²) in [5.41, 5.74) is 0.